The lowest BCUT2D eigenvalue weighted by molar-refractivity contribution is -0.384. The first-order valence-corrected chi connectivity index (χ1v) is 20.3. The average Bonchev–Trinajstić information content (AvgIpc) is 3.24. The number of carboxylic acids is 2. The molecule has 4 aliphatic heterocycles. The van der Waals surface area contributed by atoms with E-state index in [1.165, 1.54) is 0 Å². The van der Waals surface area contributed by atoms with Gasteiger partial charge < -0.3 is 126 Å². The summed E-state index contributed by atoms with van der Waals surface area (Å²) in [6, 6.07) is -5.07. The molecule has 0 aliphatic carbocycles. The number of aliphatic hydroxyl groups is 13. The maximum absolute atomic E-state index is 12.9. The molecule has 1 unspecified atom stereocenters. The van der Waals surface area contributed by atoms with Gasteiger partial charge in [-0.2, -0.15) is 0 Å². The smallest absolute Gasteiger partial charge is 0.364 e. The van der Waals surface area contributed by atoms with Crippen LogP contribution in [0.5, 0.6) is 0 Å². The summed E-state index contributed by atoms with van der Waals surface area (Å²) in [5, 5.41) is 166. The van der Waals surface area contributed by atoms with Crippen LogP contribution in [0.3, 0.4) is 0 Å². The molecule has 22 atom stereocenters. The standard InChI is InChI=1S/C36H59N3O27/c1-10(43)37-19-13(46)4-35(33(56)57,64-28(19)22(50)15(48)6-40)60-9-18-27(25(53)21(31(55)61-18)39-12(3)45)63-32-26(54)30(24(52)17(8-42)62-32)66-36(34(58)59)5-14(47)20(38-11(2)44)29(65-36)23(51)16(49)7-41/h13-32,40-42,46-55H,4-9H2,1-3H3,(H,37,43)(H,38,44)(H,39,45)(H,56,57)(H,58,59)/t13-,14-,15+,16+,17+,18+,19+,20+,21+,22+,23+,24-,25+,26+,27-,28+,29+,30-,31?,32-,35+,36-/m0/s1. The Morgan fingerprint density at radius 2 is 1.08 bits per heavy atom. The SMILES string of the molecule is CC(=O)N[C@H]1[C@H]([C@H](O)[C@H](O)CO)O[C@@](OC[C@H]2OC(O)[C@H](NC(C)=O)[C@@H](O)[C@H]2O[C@@H]2O[C@H](CO)[C@H](O)[C@H](O[C@]3(C(=O)O)C[C@H](O)[C@@H](NC(C)=O)[C@H]([C@H](O)[C@H](O)CO)O3)[C@H]2O)(C(=O)O)C[C@@H]1O. The van der Waals surface area contributed by atoms with Gasteiger partial charge in [0, 0.05) is 33.6 Å². The van der Waals surface area contributed by atoms with Crippen molar-refractivity contribution in [2.45, 2.75) is 167 Å². The molecular weight excluding hydrogens is 906 g/mol. The largest absolute Gasteiger partial charge is 0.477 e. The second-order valence-electron chi connectivity index (χ2n) is 16.2. The molecule has 18 N–H and O–H groups in total. The molecule has 0 aromatic heterocycles. The number of nitrogens with one attached hydrogen (secondary N) is 3. The summed E-state index contributed by atoms with van der Waals surface area (Å²) in [7, 11) is 0. The quantitative estimate of drug-likeness (QED) is 0.0571. The van der Waals surface area contributed by atoms with E-state index in [2.05, 4.69) is 16.0 Å². The lowest BCUT2D eigenvalue weighted by Crippen LogP contribution is -2.71. The molecule has 4 heterocycles. The monoisotopic (exact) mass is 965 g/mol. The number of aliphatic carboxylic acids is 2. The van der Waals surface area contributed by atoms with Crippen LogP contribution in [0.4, 0.5) is 0 Å². The number of carbonyl (C=O) groups excluding carboxylic acids is 3. The topological polar surface area (TPSA) is 490 Å². The fourth-order valence-electron chi connectivity index (χ4n) is 8.05. The predicted molar refractivity (Wildman–Crippen MR) is 203 cm³/mol. The van der Waals surface area contributed by atoms with Gasteiger partial charge >= 0.3 is 11.9 Å². The normalized spacial score (nSPS) is 41.4. The minimum absolute atomic E-state index is 0.802. The summed E-state index contributed by atoms with van der Waals surface area (Å²) in [5.41, 5.74) is 0. The van der Waals surface area contributed by atoms with Crippen LogP contribution in [-0.2, 0) is 57.1 Å². The molecular formula is C36H59N3O27. The maximum Gasteiger partial charge on any atom is 0.364 e. The Balaban J connectivity index is 1.71. The maximum atomic E-state index is 12.9. The highest BCUT2D eigenvalue weighted by Gasteiger charge is 2.61. The first-order valence-electron chi connectivity index (χ1n) is 20.3. The third kappa shape index (κ3) is 12.0. The Hall–Kier alpha value is -3.45. The van der Waals surface area contributed by atoms with Gasteiger partial charge in [-0.05, 0) is 0 Å². The molecule has 66 heavy (non-hydrogen) atoms. The highest BCUT2D eigenvalue weighted by molar-refractivity contribution is 5.77. The Labute approximate surface area is 373 Å². The molecule has 0 aromatic rings. The zero-order valence-electron chi connectivity index (χ0n) is 35.4. The van der Waals surface area contributed by atoms with Crippen LogP contribution < -0.4 is 16.0 Å². The van der Waals surface area contributed by atoms with Gasteiger partial charge in [0.25, 0.3) is 11.6 Å². The number of carbonyl (C=O) groups is 5. The number of amides is 3. The summed E-state index contributed by atoms with van der Waals surface area (Å²) < 4.78 is 39.4. The lowest BCUT2D eigenvalue weighted by atomic mass is 9.88. The van der Waals surface area contributed by atoms with Crippen molar-refractivity contribution in [2.75, 3.05) is 26.4 Å². The van der Waals surface area contributed by atoms with Crippen molar-refractivity contribution in [1.82, 2.24) is 16.0 Å². The van der Waals surface area contributed by atoms with Gasteiger partial charge in [0.05, 0.1) is 50.7 Å². The summed E-state index contributed by atoms with van der Waals surface area (Å²) in [6.45, 7) is -1.59. The highest BCUT2D eigenvalue weighted by atomic mass is 16.8. The van der Waals surface area contributed by atoms with E-state index in [1.807, 2.05) is 0 Å². The molecule has 380 valence electrons. The van der Waals surface area contributed by atoms with Crippen LogP contribution in [0.2, 0.25) is 0 Å². The van der Waals surface area contributed by atoms with Crippen LogP contribution in [0, 0.1) is 0 Å². The van der Waals surface area contributed by atoms with Crippen LogP contribution in [0.15, 0.2) is 0 Å². The van der Waals surface area contributed by atoms with E-state index >= 15 is 0 Å². The minimum atomic E-state index is -3.21. The van der Waals surface area contributed by atoms with Crippen molar-refractivity contribution in [1.29, 1.82) is 0 Å². The predicted octanol–water partition coefficient (Wildman–Crippen LogP) is -10.9. The number of rotatable bonds is 19. The van der Waals surface area contributed by atoms with Crippen molar-refractivity contribution >= 4 is 29.7 Å². The van der Waals surface area contributed by atoms with E-state index < -0.39 is 203 Å². The van der Waals surface area contributed by atoms with Crippen LogP contribution in [-0.4, -0.2) is 267 Å². The Morgan fingerprint density at radius 1 is 0.621 bits per heavy atom. The molecule has 4 saturated heterocycles. The molecule has 4 aliphatic rings. The average molecular weight is 966 g/mol. The molecule has 0 radical (unpaired) electrons. The number of hydrogen-bond donors (Lipinski definition) is 18. The Morgan fingerprint density at radius 3 is 1.52 bits per heavy atom. The van der Waals surface area contributed by atoms with Gasteiger partial charge in [-0.25, -0.2) is 9.59 Å². The van der Waals surface area contributed by atoms with Gasteiger partial charge in [0.2, 0.25) is 17.7 Å². The summed E-state index contributed by atoms with van der Waals surface area (Å²) in [4.78, 5) is 61.8. The van der Waals surface area contributed by atoms with E-state index in [0.29, 0.717) is 0 Å². The van der Waals surface area contributed by atoms with Crippen molar-refractivity contribution < 1.29 is 134 Å². The summed E-state index contributed by atoms with van der Waals surface area (Å²) in [6.07, 6.45) is -38.2. The second-order valence-corrected chi connectivity index (χ2v) is 16.2. The highest BCUT2D eigenvalue weighted by Crippen LogP contribution is 2.39. The second kappa shape index (κ2) is 22.8. The van der Waals surface area contributed by atoms with Gasteiger partial charge in [0.15, 0.2) is 12.6 Å². The zero-order chi connectivity index (χ0) is 49.7. The van der Waals surface area contributed by atoms with Gasteiger partial charge in [0.1, 0.15) is 85.4 Å². The first kappa shape index (κ1) is 55.1. The Kier molecular flexibility index (Phi) is 19.0. The number of aliphatic hydroxyl groups excluding tert-OH is 13. The molecule has 0 aromatic carbocycles. The molecule has 0 bridgehead atoms. The van der Waals surface area contributed by atoms with Crippen LogP contribution in [0.1, 0.15) is 33.6 Å². The fraction of sp³-hybridized carbons (Fsp3) is 0.861. The van der Waals surface area contributed by atoms with E-state index in [9.17, 15) is 101 Å². The lowest BCUT2D eigenvalue weighted by Gasteiger charge is -2.51. The van der Waals surface area contributed by atoms with Gasteiger partial charge in [-0.1, -0.05) is 0 Å². The molecule has 4 fully saturated rings. The van der Waals surface area contributed by atoms with Crippen LogP contribution >= 0.6 is 0 Å². The zero-order valence-corrected chi connectivity index (χ0v) is 35.4. The Bertz CT molecular complexity index is 1680. The molecule has 30 nitrogen and oxygen atoms in total. The molecule has 3 amide bonds. The van der Waals surface area contributed by atoms with E-state index in [0.717, 1.165) is 20.8 Å². The summed E-state index contributed by atoms with van der Waals surface area (Å²) in [5.74, 6) is -12.8. The van der Waals surface area contributed by atoms with E-state index in [1.54, 1.807) is 0 Å². The minimum Gasteiger partial charge on any atom is -0.477 e. The van der Waals surface area contributed by atoms with E-state index in [-0.39, 0.29) is 0 Å². The van der Waals surface area contributed by atoms with Crippen molar-refractivity contribution in [3.63, 3.8) is 0 Å². The number of carboxylic acid groups (broad SMARTS) is 2. The number of ether oxygens (including phenoxy) is 7. The summed E-state index contributed by atoms with van der Waals surface area (Å²) >= 11 is 0. The number of hydrogen-bond acceptors (Lipinski definition) is 25. The molecule has 0 saturated carbocycles. The van der Waals surface area contributed by atoms with Crippen molar-refractivity contribution in [2.24, 2.45) is 0 Å². The van der Waals surface area contributed by atoms with Crippen molar-refractivity contribution in [3.05, 3.63) is 0 Å². The third-order valence-corrected chi connectivity index (χ3v) is 11.4. The van der Waals surface area contributed by atoms with Crippen LogP contribution in [0.25, 0.3) is 0 Å². The molecule has 30 heteroatoms. The van der Waals surface area contributed by atoms with Gasteiger partial charge in [-0.3, -0.25) is 14.4 Å². The first-order chi connectivity index (χ1) is 30.8. The third-order valence-electron chi connectivity index (χ3n) is 11.4. The van der Waals surface area contributed by atoms with Crippen molar-refractivity contribution in [3.8, 4) is 0 Å². The fourth-order valence-corrected chi connectivity index (χ4v) is 8.05. The molecule has 0 spiro atoms. The van der Waals surface area contributed by atoms with E-state index in [4.69, 9.17) is 33.2 Å². The molecule has 4 rings (SSSR count). The van der Waals surface area contributed by atoms with Gasteiger partial charge in [-0.15, -0.1) is 0 Å².